The highest BCUT2D eigenvalue weighted by atomic mass is 32.1. The van der Waals surface area contributed by atoms with Gasteiger partial charge in [0.25, 0.3) is 0 Å². The predicted molar refractivity (Wildman–Crippen MR) is 127 cm³/mol. The number of para-hydroxylation sites is 1. The van der Waals surface area contributed by atoms with Gasteiger partial charge in [-0.1, -0.05) is 61.9 Å². The number of benzene rings is 2. The minimum absolute atomic E-state index is 0.0709. The first-order valence-electron chi connectivity index (χ1n) is 10.7. The molecule has 7 heteroatoms. The fourth-order valence-electron chi connectivity index (χ4n) is 3.25. The number of nitrogens with one attached hydrogen (secondary N) is 1. The molecule has 5 nitrogen and oxygen atoms in total. The summed E-state index contributed by atoms with van der Waals surface area (Å²) in [6, 6.07) is 19.3. The molecule has 0 spiro atoms. The highest BCUT2D eigenvalue weighted by molar-refractivity contribution is 7.09. The Morgan fingerprint density at radius 3 is 2.38 bits per heavy atom. The summed E-state index contributed by atoms with van der Waals surface area (Å²) in [6.07, 6.45) is 1.63. The van der Waals surface area contributed by atoms with Gasteiger partial charge in [0.1, 0.15) is 12.4 Å². The minimum Gasteiger partial charge on any atom is -0.332 e. The van der Waals surface area contributed by atoms with Crippen LogP contribution in [0.25, 0.3) is 0 Å². The van der Waals surface area contributed by atoms with Gasteiger partial charge >= 0.3 is 6.03 Å². The summed E-state index contributed by atoms with van der Waals surface area (Å²) in [7, 11) is 0. The van der Waals surface area contributed by atoms with E-state index in [9.17, 15) is 14.0 Å². The summed E-state index contributed by atoms with van der Waals surface area (Å²) in [4.78, 5) is 30.5. The number of rotatable bonds is 10. The van der Waals surface area contributed by atoms with Crippen LogP contribution in [0.15, 0.2) is 72.1 Å². The van der Waals surface area contributed by atoms with Crippen molar-refractivity contribution in [1.82, 2.24) is 9.80 Å². The number of halogens is 1. The van der Waals surface area contributed by atoms with E-state index in [0.717, 1.165) is 23.3 Å². The second-order valence-corrected chi connectivity index (χ2v) is 8.53. The second kappa shape index (κ2) is 12.0. The molecule has 0 atom stereocenters. The number of carbonyl (C=O) groups is 2. The van der Waals surface area contributed by atoms with Crippen molar-refractivity contribution in [3.05, 3.63) is 88.4 Å². The minimum atomic E-state index is -0.508. The third-order valence-electron chi connectivity index (χ3n) is 5.01. The zero-order chi connectivity index (χ0) is 22.8. The van der Waals surface area contributed by atoms with Gasteiger partial charge in [-0.2, -0.15) is 0 Å². The number of amides is 3. The van der Waals surface area contributed by atoms with Gasteiger partial charge < -0.3 is 15.1 Å². The smallest absolute Gasteiger partial charge is 0.322 e. The van der Waals surface area contributed by atoms with Crippen molar-refractivity contribution < 1.29 is 14.0 Å². The van der Waals surface area contributed by atoms with Crippen molar-refractivity contribution in [2.75, 3.05) is 18.4 Å². The fourth-order valence-corrected chi connectivity index (χ4v) is 3.97. The molecule has 3 aromatic rings. The van der Waals surface area contributed by atoms with E-state index in [1.807, 2.05) is 54.8 Å². The number of anilines is 1. The Labute approximate surface area is 192 Å². The van der Waals surface area contributed by atoms with Gasteiger partial charge in [0.15, 0.2) is 0 Å². The first-order valence-corrected chi connectivity index (χ1v) is 11.6. The van der Waals surface area contributed by atoms with E-state index in [2.05, 4.69) is 5.32 Å². The molecule has 0 aliphatic carbocycles. The molecule has 168 valence electrons. The summed E-state index contributed by atoms with van der Waals surface area (Å²) < 4.78 is 14.0. The molecule has 0 radical (unpaired) electrons. The quantitative estimate of drug-likeness (QED) is 0.425. The molecule has 1 heterocycles. The lowest BCUT2D eigenvalue weighted by Gasteiger charge is -2.28. The van der Waals surface area contributed by atoms with Crippen LogP contribution in [-0.2, 0) is 17.9 Å². The lowest BCUT2D eigenvalue weighted by Crippen LogP contribution is -2.44. The van der Waals surface area contributed by atoms with E-state index < -0.39 is 11.8 Å². The molecule has 0 aliphatic rings. The normalized spacial score (nSPS) is 10.6. The molecule has 1 N–H and O–H groups in total. The van der Waals surface area contributed by atoms with Crippen LogP contribution in [-0.4, -0.2) is 34.8 Å². The third-order valence-corrected chi connectivity index (χ3v) is 5.87. The number of unbranched alkanes of at least 4 members (excludes halogenated alkanes) is 1. The predicted octanol–water partition coefficient (Wildman–Crippen LogP) is 5.75. The molecule has 0 aliphatic heterocycles. The molecule has 0 unspecified atom stereocenters. The molecule has 3 amide bonds. The number of carbonyl (C=O) groups excluding carboxylic acids is 2. The van der Waals surface area contributed by atoms with Crippen LogP contribution in [0.4, 0.5) is 14.9 Å². The Bertz CT molecular complexity index is 995. The number of hydrogen-bond donors (Lipinski definition) is 1. The van der Waals surface area contributed by atoms with E-state index in [1.54, 1.807) is 28.4 Å². The molecule has 0 bridgehead atoms. The maximum atomic E-state index is 14.0. The summed E-state index contributed by atoms with van der Waals surface area (Å²) >= 11 is 1.59. The van der Waals surface area contributed by atoms with Crippen molar-refractivity contribution in [3.8, 4) is 0 Å². The Hall–Kier alpha value is -3.19. The summed E-state index contributed by atoms with van der Waals surface area (Å²) in [5.41, 5.74) is 1.12. The molecular formula is C25H28FN3O2S. The number of nitrogens with zero attached hydrogens (tertiary/aromatic N) is 2. The van der Waals surface area contributed by atoms with Gasteiger partial charge in [0.05, 0.1) is 12.2 Å². The van der Waals surface area contributed by atoms with Crippen LogP contribution in [0.3, 0.4) is 0 Å². The van der Waals surface area contributed by atoms with Crippen LogP contribution in [0.5, 0.6) is 0 Å². The highest BCUT2D eigenvalue weighted by Gasteiger charge is 2.22. The average molecular weight is 454 g/mol. The van der Waals surface area contributed by atoms with Crippen molar-refractivity contribution in [2.24, 2.45) is 0 Å². The van der Waals surface area contributed by atoms with Gasteiger partial charge in [-0.05, 0) is 35.6 Å². The largest absolute Gasteiger partial charge is 0.332 e. The van der Waals surface area contributed by atoms with Gasteiger partial charge in [-0.25, -0.2) is 9.18 Å². The van der Waals surface area contributed by atoms with E-state index >= 15 is 0 Å². The monoisotopic (exact) mass is 453 g/mol. The zero-order valence-electron chi connectivity index (χ0n) is 18.2. The van der Waals surface area contributed by atoms with E-state index in [1.165, 1.54) is 17.0 Å². The third kappa shape index (κ3) is 6.92. The fraction of sp³-hybridized carbons (Fsp3) is 0.280. The SMILES string of the molecule is CCCCN(CC(=O)N(Cc1ccccc1)Cc1cccs1)C(=O)Nc1ccccc1F. The van der Waals surface area contributed by atoms with Crippen LogP contribution < -0.4 is 5.32 Å². The number of hydrogen-bond acceptors (Lipinski definition) is 3. The van der Waals surface area contributed by atoms with E-state index in [-0.39, 0.29) is 18.1 Å². The highest BCUT2D eigenvalue weighted by Crippen LogP contribution is 2.17. The Morgan fingerprint density at radius 1 is 0.938 bits per heavy atom. The average Bonchev–Trinajstić information content (AvgIpc) is 3.31. The summed E-state index contributed by atoms with van der Waals surface area (Å²) in [5.74, 6) is -0.659. The molecular weight excluding hydrogens is 425 g/mol. The lowest BCUT2D eigenvalue weighted by atomic mass is 10.2. The maximum Gasteiger partial charge on any atom is 0.322 e. The topological polar surface area (TPSA) is 52.7 Å². The first-order chi connectivity index (χ1) is 15.6. The summed E-state index contributed by atoms with van der Waals surface area (Å²) in [5, 5.41) is 4.58. The first kappa shape index (κ1) is 23.5. The second-order valence-electron chi connectivity index (χ2n) is 7.50. The molecule has 0 fully saturated rings. The molecule has 0 saturated carbocycles. The van der Waals surface area contributed by atoms with Gasteiger partial charge in [0, 0.05) is 18.0 Å². The Morgan fingerprint density at radius 2 is 1.69 bits per heavy atom. The van der Waals surface area contributed by atoms with E-state index in [0.29, 0.717) is 19.6 Å². The number of urea groups is 1. The van der Waals surface area contributed by atoms with Crippen molar-refractivity contribution in [3.63, 3.8) is 0 Å². The lowest BCUT2D eigenvalue weighted by molar-refractivity contribution is -0.133. The van der Waals surface area contributed by atoms with Crippen LogP contribution in [0.2, 0.25) is 0 Å². The standard InChI is InChI=1S/C25H28FN3O2S/c1-2-3-15-28(25(31)27-23-14-8-7-13-22(23)26)19-24(30)29(18-21-12-9-16-32-21)17-20-10-5-4-6-11-20/h4-14,16H,2-3,15,17-19H2,1H3,(H,27,31). The van der Waals surface area contributed by atoms with Crippen molar-refractivity contribution in [2.45, 2.75) is 32.9 Å². The molecule has 0 saturated heterocycles. The molecule has 3 rings (SSSR count). The molecule has 32 heavy (non-hydrogen) atoms. The molecule has 1 aromatic heterocycles. The van der Waals surface area contributed by atoms with Gasteiger partial charge in [0.2, 0.25) is 5.91 Å². The Balaban J connectivity index is 1.74. The van der Waals surface area contributed by atoms with Crippen molar-refractivity contribution >= 4 is 29.0 Å². The zero-order valence-corrected chi connectivity index (χ0v) is 19.0. The van der Waals surface area contributed by atoms with Crippen LogP contribution >= 0.6 is 11.3 Å². The maximum absolute atomic E-state index is 14.0. The van der Waals surface area contributed by atoms with Gasteiger partial charge in [-0.3, -0.25) is 4.79 Å². The van der Waals surface area contributed by atoms with Gasteiger partial charge in [-0.15, -0.1) is 11.3 Å². The van der Waals surface area contributed by atoms with Crippen molar-refractivity contribution in [1.29, 1.82) is 0 Å². The summed E-state index contributed by atoms with van der Waals surface area (Å²) in [6.45, 7) is 3.29. The van der Waals surface area contributed by atoms with Crippen LogP contribution in [0.1, 0.15) is 30.2 Å². The van der Waals surface area contributed by atoms with Crippen LogP contribution in [0, 0.1) is 5.82 Å². The Kier molecular flexibility index (Phi) is 8.80. The van der Waals surface area contributed by atoms with E-state index in [4.69, 9.17) is 0 Å². The molecule has 2 aromatic carbocycles. The number of thiophene rings is 1.